The molecule has 1 aliphatic heterocycles. The van der Waals surface area contributed by atoms with E-state index in [-0.39, 0.29) is 11.8 Å². The Kier molecular flexibility index (Phi) is 5.96. The van der Waals surface area contributed by atoms with Crippen LogP contribution in [0.25, 0.3) is 11.4 Å². The zero-order valence-electron chi connectivity index (χ0n) is 21.0. The number of aromatic nitrogens is 3. The summed E-state index contributed by atoms with van der Waals surface area (Å²) in [6.45, 7) is 0.477. The molecule has 6 rings (SSSR count). The summed E-state index contributed by atoms with van der Waals surface area (Å²) in [6.07, 6.45) is 2.20. The molecule has 37 heavy (non-hydrogen) atoms. The van der Waals surface area contributed by atoms with Gasteiger partial charge >= 0.3 is 0 Å². The molecule has 0 amide bonds. The first-order chi connectivity index (χ1) is 18.1. The van der Waals surface area contributed by atoms with Crippen molar-refractivity contribution in [2.24, 2.45) is 0 Å². The highest BCUT2D eigenvalue weighted by Gasteiger charge is 2.37. The first-order valence-electron chi connectivity index (χ1n) is 12.6. The van der Waals surface area contributed by atoms with Crippen LogP contribution in [0.3, 0.4) is 0 Å². The standard InChI is InChI=1S/C30H29N5O2/c1-34(2)23-16-14-21(15-17-23)29-32-30-31-25-12-7-13-26(36)27(25)28(35(30)33-29)22-10-6-11-24(18-22)37-19-20-8-4-3-5-9-20/h3-6,8-11,14-18,28H,7,12-13,19H2,1-2H3,(H,31,32,33). The summed E-state index contributed by atoms with van der Waals surface area (Å²) < 4.78 is 7.97. The van der Waals surface area contributed by atoms with Crippen LogP contribution in [0.2, 0.25) is 0 Å². The first-order valence-corrected chi connectivity index (χ1v) is 12.6. The lowest BCUT2D eigenvalue weighted by molar-refractivity contribution is -0.116. The van der Waals surface area contributed by atoms with Crippen molar-refractivity contribution in [2.45, 2.75) is 31.9 Å². The summed E-state index contributed by atoms with van der Waals surface area (Å²) in [5, 5.41) is 8.32. The van der Waals surface area contributed by atoms with Gasteiger partial charge in [0.15, 0.2) is 11.6 Å². The van der Waals surface area contributed by atoms with Gasteiger partial charge in [-0.25, -0.2) is 4.68 Å². The average Bonchev–Trinajstić information content (AvgIpc) is 3.35. The molecule has 2 aliphatic rings. The van der Waals surface area contributed by atoms with Crippen LogP contribution in [-0.2, 0) is 11.4 Å². The summed E-state index contributed by atoms with van der Waals surface area (Å²) in [5.41, 5.74) is 5.82. The lowest BCUT2D eigenvalue weighted by atomic mass is 9.85. The Bertz CT molecular complexity index is 1470. The number of hydrogen-bond donors (Lipinski definition) is 1. The fourth-order valence-corrected chi connectivity index (χ4v) is 5.01. The fourth-order valence-electron chi connectivity index (χ4n) is 5.01. The van der Waals surface area contributed by atoms with E-state index in [1.54, 1.807) is 0 Å². The minimum atomic E-state index is -0.360. The number of nitrogens with zero attached hydrogens (tertiary/aromatic N) is 4. The Hall–Kier alpha value is -4.39. The Morgan fingerprint density at radius 3 is 2.59 bits per heavy atom. The average molecular weight is 492 g/mol. The molecule has 1 aliphatic carbocycles. The maximum atomic E-state index is 13.2. The third-order valence-electron chi connectivity index (χ3n) is 6.93. The van der Waals surface area contributed by atoms with E-state index in [2.05, 4.69) is 22.3 Å². The van der Waals surface area contributed by atoms with Crippen LogP contribution < -0.4 is 15.0 Å². The first kappa shape index (κ1) is 23.0. The molecule has 0 spiro atoms. The number of anilines is 2. The topological polar surface area (TPSA) is 72.3 Å². The molecule has 0 saturated carbocycles. The smallest absolute Gasteiger partial charge is 0.226 e. The SMILES string of the molecule is CN(C)c1ccc(-c2nc3n(n2)C(c2cccc(OCc4ccccc4)c2)C2=C(CCCC2=O)N3)cc1. The molecule has 1 unspecified atom stereocenters. The largest absolute Gasteiger partial charge is 0.489 e. The minimum Gasteiger partial charge on any atom is -0.489 e. The second-order valence-electron chi connectivity index (χ2n) is 9.69. The highest BCUT2D eigenvalue weighted by Crippen LogP contribution is 2.41. The summed E-state index contributed by atoms with van der Waals surface area (Å²) in [4.78, 5) is 20.1. The number of benzene rings is 3. The van der Waals surface area contributed by atoms with Gasteiger partial charge in [0, 0.05) is 43.0 Å². The number of hydrogen-bond acceptors (Lipinski definition) is 6. The summed E-state index contributed by atoms with van der Waals surface area (Å²) in [7, 11) is 4.03. The molecule has 0 radical (unpaired) electrons. The van der Waals surface area contributed by atoms with Crippen LogP contribution in [0.15, 0.2) is 90.1 Å². The normalized spacial score (nSPS) is 16.6. The number of nitrogens with one attached hydrogen (secondary N) is 1. The van der Waals surface area contributed by atoms with Crippen molar-refractivity contribution in [3.8, 4) is 17.1 Å². The van der Waals surface area contributed by atoms with Crippen molar-refractivity contribution in [2.75, 3.05) is 24.3 Å². The Morgan fingerprint density at radius 1 is 1.00 bits per heavy atom. The molecule has 2 heterocycles. The molecule has 0 bridgehead atoms. The van der Waals surface area contributed by atoms with Crippen LogP contribution >= 0.6 is 0 Å². The van der Waals surface area contributed by atoms with E-state index >= 15 is 0 Å². The maximum Gasteiger partial charge on any atom is 0.226 e. The van der Waals surface area contributed by atoms with Crippen molar-refractivity contribution >= 4 is 17.4 Å². The molecule has 3 aromatic carbocycles. The van der Waals surface area contributed by atoms with Gasteiger partial charge in [-0.05, 0) is 60.4 Å². The Labute approximate surface area is 216 Å². The monoisotopic (exact) mass is 491 g/mol. The summed E-state index contributed by atoms with van der Waals surface area (Å²) >= 11 is 0. The van der Waals surface area contributed by atoms with E-state index in [9.17, 15) is 4.79 Å². The highest BCUT2D eigenvalue weighted by atomic mass is 16.5. The van der Waals surface area contributed by atoms with E-state index in [4.69, 9.17) is 14.8 Å². The van der Waals surface area contributed by atoms with Crippen LogP contribution in [0.5, 0.6) is 5.75 Å². The molecule has 7 nitrogen and oxygen atoms in total. The number of rotatable bonds is 6. The van der Waals surface area contributed by atoms with Crippen molar-refractivity contribution < 1.29 is 9.53 Å². The number of ether oxygens (including phenoxy) is 1. The molecular weight excluding hydrogens is 462 g/mol. The zero-order valence-corrected chi connectivity index (χ0v) is 21.0. The summed E-state index contributed by atoms with van der Waals surface area (Å²) in [6, 6.07) is 25.9. The van der Waals surface area contributed by atoms with Crippen LogP contribution in [0, 0.1) is 0 Å². The minimum absolute atomic E-state index is 0.160. The van der Waals surface area contributed by atoms with Gasteiger partial charge < -0.3 is 15.0 Å². The lowest BCUT2D eigenvalue weighted by Crippen LogP contribution is -2.31. The van der Waals surface area contributed by atoms with E-state index in [1.165, 1.54) is 0 Å². The molecule has 1 atom stereocenters. The molecular formula is C30H29N5O2. The molecule has 4 aromatic rings. The van der Waals surface area contributed by atoms with Crippen LogP contribution in [0.4, 0.5) is 11.6 Å². The van der Waals surface area contributed by atoms with Gasteiger partial charge in [-0.15, -0.1) is 5.10 Å². The van der Waals surface area contributed by atoms with Crippen molar-refractivity contribution in [3.63, 3.8) is 0 Å². The Morgan fingerprint density at radius 2 is 1.81 bits per heavy atom. The van der Waals surface area contributed by atoms with Gasteiger partial charge in [-0.2, -0.15) is 4.98 Å². The number of Topliss-reactive ketones (excluding diaryl/α,β-unsaturated/α-hetero) is 1. The van der Waals surface area contributed by atoms with Gasteiger partial charge in [0.05, 0.1) is 0 Å². The predicted octanol–water partition coefficient (Wildman–Crippen LogP) is 5.61. The predicted molar refractivity (Wildman–Crippen MR) is 145 cm³/mol. The third kappa shape index (κ3) is 4.48. The van der Waals surface area contributed by atoms with Crippen LogP contribution in [0.1, 0.15) is 36.4 Å². The number of allylic oxidation sites excluding steroid dienone is 2. The van der Waals surface area contributed by atoms with Crippen molar-refractivity contribution in [1.82, 2.24) is 14.8 Å². The van der Waals surface area contributed by atoms with Crippen molar-refractivity contribution in [1.29, 1.82) is 0 Å². The molecule has 186 valence electrons. The molecule has 1 aromatic heterocycles. The molecule has 0 fully saturated rings. The van der Waals surface area contributed by atoms with Gasteiger partial charge in [-0.1, -0.05) is 42.5 Å². The lowest BCUT2D eigenvalue weighted by Gasteiger charge is -2.32. The Balaban J connectivity index is 1.37. The van der Waals surface area contributed by atoms with E-state index in [0.717, 1.165) is 52.2 Å². The van der Waals surface area contributed by atoms with Crippen LogP contribution in [-0.4, -0.2) is 34.6 Å². The summed E-state index contributed by atoms with van der Waals surface area (Å²) in [5.74, 6) is 2.20. The third-order valence-corrected chi connectivity index (χ3v) is 6.93. The highest BCUT2D eigenvalue weighted by molar-refractivity contribution is 5.99. The second kappa shape index (κ2) is 9.58. The number of ketones is 1. The van der Waals surface area contributed by atoms with E-state index < -0.39 is 0 Å². The zero-order chi connectivity index (χ0) is 25.4. The number of carbonyl (C=O) groups is 1. The number of carbonyl (C=O) groups excluding carboxylic acids is 1. The van der Waals surface area contributed by atoms with E-state index in [0.29, 0.717) is 24.8 Å². The van der Waals surface area contributed by atoms with Gasteiger partial charge in [0.25, 0.3) is 0 Å². The van der Waals surface area contributed by atoms with Gasteiger partial charge in [0.2, 0.25) is 5.95 Å². The quantitative estimate of drug-likeness (QED) is 0.378. The molecule has 1 N–H and O–H groups in total. The fraction of sp³-hybridized carbons (Fsp3) is 0.233. The molecule has 0 saturated heterocycles. The van der Waals surface area contributed by atoms with Crippen molar-refractivity contribution in [3.05, 3.63) is 101 Å². The van der Waals surface area contributed by atoms with Gasteiger partial charge in [0.1, 0.15) is 18.4 Å². The maximum absolute atomic E-state index is 13.2. The number of fused-ring (bicyclic) bond motifs is 1. The molecule has 7 heteroatoms. The van der Waals surface area contributed by atoms with Gasteiger partial charge in [-0.3, -0.25) is 4.79 Å². The van der Waals surface area contributed by atoms with E-state index in [1.807, 2.05) is 85.5 Å². The second-order valence-corrected chi connectivity index (χ2v) is 9.69.